The van der Waals surface area contributed by atoms with Gasteiger partial charge in [-0.05, 0) is 48.9 Å². The standard InChI is InChI=1S/C20H24FN3O5S/c1-2-3-10-28-20(25)23-12-16-13-24(18-11-15(22)6-9-19(18)29-16)30(26,27)17-7-4-14(21)5-8-17/h4-9,11,16H,2-3,10,12-13,22H2,1H3,(H,23,25)/t16-/m0/s1. The highest BCUT2D eigenvalue weighted by molar-refractivity contribution is 7.92. The lowest BCUT2D eigenvalue weighted by Crippen LogP contribution is -2.48. The van der Waals surface area contributed by atoms with Gasteiger partial charge in [0.2, 0.25) is 0 Å². The zero-order chi connectivity index (χ0) is 21.7. The Balaban J connectivity index is 1.82. The lowest BCUT2D eigenvalue weighted by Gasteiger charge is -2.35. The number of anilines is 2. The molecule has 3 rings (SSSR count). The van der Waals surface area contributed by atoms with E-state index in [2.05, 4.69) is 5.32 Å². The summed E-state index contributed by atoms with van der Waals surface area (Å²) in [7, 11) is -4.01. The van der Waals surface area contributed by atoms with Crippen molar-refractivity contribution in [2.75, 3.05) is 29.7 Å². The number of rotatable bonds is 7. The van der Waals surface area contributed by atoms with Crippen LogP contribution in [0.1, 0.15) is 19.8 Å². The molecule has 1 heterocycles. The molecule has 1 aliphatic rings. The molecule has 0 saturated heterocycles. The Morgan fingerprint density at radius 1 is 1.30 bits per heavy atom. The van der Waals surface area contributed by atoms with Gasteiger partial charge in [0.25, 0.3) is 10.0 Å². The smallest absolute Gasteiger partial charge is 0.407 e. The second-order valence-electron chi connectivity index (χ2n) is 6.83. The molecule has 0 radical (unpaired) electrons. The molecule has 0 aliphatic carbocycles. The van der Waals surface area contributed by atoms with Crippen LogP contribution in [0.3, 0.4) is 0 Å². The first-order chi connectivity index (χ1) is 14.3. The number of alkyl carbamates (subject to hydrolysis) is 1. The third-order valence-electron chi connectivity index (χ3n) is 4.52. The van der Waals surface area contributed by atoms with E-state index in [1.807, 2.05) is 6.92 Å². The number of nitrogen functional groups attached to an aromatic ring is 1. The molecule has 1 atom stereocenters. The molecule has 1 amide bonds. The van der Waals surface area contributed by atoms with Gasteiger partial charge in [0.05, 0.1) is 30.3 Å². The average Bonchev–Trinajstić information content (AvgIpc) is 2.72. The molecule has 0 fully saturated rings. The Bertz CT molecular complexity index is 998. The number of hydrogen-bond donors (Lipinski definition) is 2. The molecular weight excluding hydrogens is 413 g/mol. The van der Waals surface area contributed by atoms with Gasteiger partial charge in [-0.1, -0.05) is 13.3 Å². The van der Waals surface area contributed by atoms with Crippen LogP contribution in [0.4, 0.5) is 20.6 Å². The number of halogens is 1. The van der Waals surface area contributed by atoms with Crippen molar-refractivity contribution in [3.05, 3.63) is 48.3 Å². The van der Waals surface area contributed by atoms with Gasteiger partial charge in [-0.3, -0.25) is 4.31 Å². The van der Waals surface area contributed by atoms with Crippen molar-refractivity contribution in [1.29, 1.82) is 0 Å². The van der Waals surface area contributed by atoms with Gasteiger partial charge in [0.1, 0.15) is 17.7 Å². The van der Waals surface area contributed by atoms with Crippen molar-refractivity contribution >= 4 is 27.5 Å². The van der Waals surface area contributed by atoms with Gasteiger partial charge < -0.3 is 20.5 Å². The first-order valence-corrected chi connectivity index (χ1v) is 11.0. The Morgan fingerprint density at radius 2 is 2.03 bits per heavy atom. The molecule has 8 nitrogen and oxygen atoms in total. The first kappa shape index (κ1) is 21.7. The molecule has 3 N–H and O–H groups in total. The Hall–Kier alpha value is -3.01. The number of carbonyl (C=O) groups excluding carboxylic acids is 1. The van der Waals surface area contributed by atoms with E-state index in [0.717, 1.165) is 29.3 Å². The summed E-state index contributed by atoms with van der Waals surface area (Å²) in [5.74, 6) is -0.225. The van der Waals surface area contributed by atoms with E-state index in [1.165, 1.54) is 18.2 Å². The van der Waals surface area contributed by atoms with Crippen LogP contribution in [0.5, 0.6) is 5.75 Å². The molecule has 30 heavy (non-hydrogen) atoms. The average molecular weight is 437 g/mol. The van der Waals surface area contributed by atoms with Crippen molar-refractivity contribution in [2.24, 2.45) is 0 Å². The molecule has 0 aromatic heterocycles. The third kappa shape index (κ3) is 4.93. The summed E-state index contributed by atoms with van der Waals surface area (Å²) < 4.78 is 51.8. The van der Waals surface area contributed by atoms with E-state index < -0.39 is 28.0 Å². The molecule has 0 spiro atoms. The Kier molecular flexibility index (Phi) is 6.66. The van der Waals surface area contributed by atoms with Gasteiger partial charge >= 0.3 is 6.09 Å². The summed E-state index contributed by atoms with van der Waals surface area (Å²) in [5, 5.41) is 2.59. The summed E-state index contributed by atoms with van der Waals surface area (Å²) in [6, 6.07) is 9.23. The van der Waals surface area contributed by atoms with E-state index in [1.54, 1.807) is 12.1 Å². The van der Waals surface area contributed by atoms with Crippen LogP contribution in [0.25, 0.3) is 0 Å². The number of ether oxygens (including phenoxy) is 2. The maximum atomic E-state index is 13.3. The summed E-state index contributed by atoms with van der Waals surface area (Å²) >= 11 is 0. The Morgan fingerprint density at radius 3 is 2.73 bits per heavy atom. The van der Waals surface area contributed by atoms with Crippen molar-refractivity contribution in [3.63, 3.8) is 0 Å². The highest BCUT2D eigenvalue weighted by Gasteiger charge is 2.35. The zero-order valence-electron chi connectivity index (χ0n) is 16.5. The molecule has 2 aromatic carbocycles. The third-order valence-corrected chi connectivity index (χ3v) is 6.32. The fourth-order valence-corrected chi connectivity index (χ4v) is 4.45. The van der Waals surface area contributed by atoms with Crippen LogP contribution < -0.4 is 20.1 Å². The number of hydrogen-bond acceptors (Lipinski definition) is 6. The second-order valence-corrected chi connectivity index (χ2v) is 8.69. The van der Waals surface area contributed by atoms with E-state index in [-0.39, 0.29) is 23.7 Å². The number of carbonyl (C=O) groups is 1. The molecule has 1 aliphatic heterocycles. The molecule has 162 valence electrons. The quantitative estimate of drug-likeness (QED) is 0.509. The van der Waals surface area contributed by atoms with E-state index in [4.69, 9.17) is 15.2 Å². The monoisotopic (exact) mass is 437 g/mol. The second kappa shape index (κ2) is 9.21. The maximum Gasteiger partial charge on any atom is 0.407 e. The fraction of sp³-hybridized carbons (Fsp3) is 0.350. The lowest BCUT2D eigenvalue weighted by atomic mass is 10.2. The van der Waals surface area contributed by atoms with Crippen LogP contribution in [0, 0.1) is 5.82 Å². The molecule has 0 unspecified atom stereocenters. The summed E-state index contributed by atoms with van der Waals surface area (Å²) in [4.78, 5) is 11.7. The van der Waals surface area contributed by atoms with Gasteiger partial charge in [-0.15, -0.1) is 0 Å². The number of nitrogens with one attached hydrogen (secondary N) is 1. The van der Waals surface area contributed by atoms with Crippen LogP contribution in [-0.4, -0.2) is 40.3 Å². The fourth-order valence-electron chi connectivity index (χ4n) is 2.95. The van der Waals surface area contributed by atoms with E-state index in [0.29, 0.717) is 18.0 Å². The largest absolute Gasteiger partial charge is 0.484 e. The maximum absolute atomic E-state index is 13.3. The topological polar surface area (TPSA) is 111 Å². The molecule has 2 aromatic rings. The zero-order valence-corrected chi connectivity index (χ0v) is 17.3. The predicted octanol–water partition coefficient (Wildman–Crippen LogP) is 2.89. The van der Waals surface area contributed by atoms with Crippen LogP contribution >= 0.6 is 0 Å². The number of nitrogens with two attached hydrogens (primary N) is 1. The summed E-state index contributed by atoms with van der Waals surface area (Å²) in [6.45, 7) is 2.27. The molecule has 10 heteroatoms. The number of amides is 1. The van der Waals surface area contributed by atoms with E-state index >= 15 is 0 Å². The predicted molar refractivity (Wildman–Crippen MR) is 110 cm³/mol. The van der Waals surface area contributed by atoms with Gasteiger partial charge in [0, 0.05) is 5.69 Å². The SMILES string of the molecule is CCCCOC(=O)NC[C@H]1CN(S(=O)(=O)c2ccc(F)cc2)c2cc(N)ccc2O1. The van der Waals surface area contributed by atoms with Crippen LogP contribution in [0.2, 0.25) is 0 Å². The summed E-state index contributed by atoms with van der Waals surface area (Å²) in [5.41, 5.74) is 6.48. The number of sulfonamides is 1. The van der Waals surface area contributed by atoms with Crippen molar-refractivity contribution < 1.29 is 27.1 Å². The normalized spacial score (nSPS) is 15.8. The van der Waals surface area contributed by atoms with E-state index in [9.17, 15) is 17.6 Å². The van der Waals surface area contributed by atoms with Gasteiger partial charge in [0.15, 0.2) is 0 Å². The van der Waals surface area contributed by atoms with Crippen LogP contribution in [0.15, 0.2) is 47.4 Å². The number of unbranched alkanes of at least 4 members (excludes halogenated alkanes) is 1. The number of nitrogens with zero attached hydrogens (tertiary/aromatic N) is 1. The van der Waals surface area contributed by atoms with Gasteiger partial charge in [-0.25, -0.2) is 17.6 Å². The molecule has 0 bridgehead atoms. The minimum absolute atomic E-state index is 0.0458. The molecule has 0 saturated carbocycles. The number of fused-ring (bicyclic) bond motifs is 1. The van der Waals surface area contributed by atoms with Crippen molar-refractivity contribution in [1.82, 2.24) is 5.32 Å². The highest BCUT2D eigenvalue weighted by Crippen LogP contribution is 2.38. The van der Waals surface area contributed by atoms with Gasteiger partial charge in [-0.2, -0.15) is 0 Å². The summed E-state index contributed by atoms with van der Waals surface area (Å²) in [6.07, 6.45) is 0.402. The van der Waals surface area contributed by atoms with Crippen LogP contribution in [-0.2, 0) is 14.8 Å². The highest BCUT2D eigenvalue weighted by atomic mass is 32.2. The minimum Gasteiger partial charge on any atom is -0.484 e. The van der Waals surface area contributed by atoms with Crippen molar-refractivity contribution in [2.45, 2.75) is 30.8 Å². The number of benzene rings is 2. The van der Waals surface area contributed by atoms with Crippen molar-refractivity contribution in [3.8, 4) is 5.75 Å². The lowest BCUT2D eigenvalue weighted by molar-refractivity contribution is 0.135. The first-order valence-electron chi connectivity index (χ1n) is 9.56. The minimum atomic E-state index is -4.01. The Labute approximate surface area is 174 Å². The molecular formula is C20H24FN3O5S.